The van der Waals surface area contributed by atoms with Gasteiger partial charge in [-0.1, -0.05) is 12.1 Å². The quantitative estimate of drug-likeness (QED) is 0.887. The Hall–Kier alpha value is -1.80. The Morgan fingerprint density at radius 3 is 2.87 bits per heavy atom. The number of nitrogens with zero attached hydrogens (tertiary/aromatic N) is 2. The Labute approximate surface area is 139 Å². The fourth-order valence-electron chi connectivity index (χ4n) is 2.46. The van der Waals surface area contributed by atoms with E-state index >= 15 is 0 Å². The standard InChI is InChI=1S/C15H17N3O3S2/c19-15(10-22-12-6-9-23(20,21)11-12)17-13-4-1-2-5-14(13)18-8-3-7-16-18/h1-5,7-8,12H,6,9-11H2,(H,17,19)/t12-/m1/s1. The van der Waals surface area contributed by atoms with Crippen molar-refractivity contribution in [2.24, 2.45) is 0 Å². The molecule has 1 atom stereocenters. The Kier molecular flexibility index (Phi) is 4.72. The lowest BCUT2D eigenvalue weighted by Crippen LogP contribution is -2.18. The third-order valence-electron chi connectivity index (χ3n) is 3.57. The molecule has 0 spiro atoms. The number of para-hydroxylation sites is 2. The molecule has 1 amide bonds. The number of carbonyl (C=O) groups is 1. The van der Waals surface area contributed by atoms with Gasteiger partial charge in [0.25, 0.3) is 0 Å². The van der Waals surface area contributed by atoms with Crippen LogP contribution in [-0.2, 0) is 14.6 Å². The van der Waals surface area contributed by atoms with Crippen molar-refractivity contribution in [1.29, 1.82) is 0 Å². The molecule has 122 valence electrons. The van der Waals surface area contributed by atoms with E-state index in [-0.39, 0.29) is 28.4 Å². The summed E-state index contributed by atoms with van der Waals surface area (Å²) in [4.78, 5) is 12.1. The fourth-order valence-corrected chi connectivity index (χ4v) is 5.91. The van der Waals surface area contributed by atoms with Crippen LogP contribution >= 0.6 is 11.8 Å². The van der Waals surface area contributed by atoms with Gasteiger partial charge in [0.2, 0.25) is 5.91 Å². The van der Waals surface area contributed by atoms with E-state index < -0.39 is 9.84 Å². The lowest BCUT2D eigenvalue weighted by Gasteiger charge is -2.12. The fraction of sp³-hybridized carbons (Fsp3) is 0.333. The second-order valence-corrected chi connectivity index (χ2v) is 8.87. The molecule has 0 aliphatic carbocycles. The van der Waals surface area contributed by atoms with E-state index in [0.717, 1.165) is 5.69 Å². The number of hydrogen-bond donors (Lipinski definition) is 1. The summed E-state index contributed by atoms with van der Waals surface area (Å²) in [6.45, 7) is 0. The van der Waals surface area contributed by atoms with Gasteiger partial charge in [0, 0.05) is 17.6 Å². The molecule has 1 aromatic carbocycles. The third kappa shape index (κ3) is 4.14. The van der Waals surface area contributed by atoms with Crippen LogP contribution in [-0.4, -0.2) is 46.6 Å². The lowest BCUT2D eigenvalue weighted by molar-refractivity contribution is -0.113. The number of benzene rings is 1. The smallest absolute Gasteiger partial charge is 0.234 e. The van der Waals surface area contributed by atoms with Crippen LogP contribution in [0.1, 0.15) is 6.42 Å². The molecule has 0 saturated carbocycles. The topological polar surface area (TPSA) is 81.1 Å². The van der Waals surface area contributed by atoms with E-state index in [0.29, 0.717) is 12.1 Å². The van der Waals surface area contributed by atoms with Crippen LogP contribution < -0.4 is 5.32 Å². The largest absolute Gasteiger partial charge is 0.323 e. The van der Waals surface area contributed by atoms with Crippen LogP contribution in [0.3, 0.4) is 0 Å². The van der Waals surface area contributed by atoms with Gasteiger partial charge in [0.05, 0.1) is 28.6 Å². The highest BCUT2D eigenvalue weighted by Crippen LogP contribution is 2.25. The van der Waals surface area contributed by atoms with Gasteiger partial charge in [0.15, 0.2) is 9.84 Å². The van der Waals surface area contributed by atoms with Crippen LogP contribution in [0.25, 0.3) is 5.69 Å². The normalized spacial score (nSPS) is 19.6. The van der Waals surface area contributed by atoms with Gasteiger partial charge in [-0.2, -0.15) is 5.10 Å². The summed E-state index contributed by atoms with van der Waals surface area (Å²) in [6.07, 6.45) is 4.11. The maximum absolute atomic E-state index is 12.1. The van der Waals surface area contributed by atoms with Crippen molar-refractivity contribution >= 4 is 33.2 Å². The number of aromatic nitrogens is 2. The van der Waals surface area contributed by atoms with Crippen molar-refractivity contribution in [1.82, 2.24) is 9.78 Å². The number of anilines is 1. The Morgan fingerprint density at radius 2 is 2.17 bits per heavy atom. The van der Waals surface area contributed by atoms with E-state index in [1.54, 1.807) is 10.9 Å². The molecule has 0 bridgehead atoms. The minimum Gasteiger partial charge on any atom is -0.323 e. The van der Waals surface area contributed by atoms with Crippen LogP contribution in [0.2, 0.25) is 0 Å². The predicted octanol–water partition coefficient (Wildman–Crippen LogP) is 1.73. The Bertz CT molecular complexity index is 788. The molecule has 23 heavy (non-hydrogen) atoms. The minimum atomic E-state index is -2.90. The van der Waals surface area contributed by atoms with Crippen LogP contribution in [0.5, 0.6) is 0 Å². The molecule has 1 N–H and O–H groups in total. The molecule has 1 aromatic heterocycles. The first-order valence-corrected chi connectivity index (χ1v) is 10.1. The first-order valence-electron chi connectivity index (χ1n) is 7.24. The third-order valence-corrected chi connectivity index (χ3v) is 6.85. The van der Waals surface area contributed by atoms with E-state index in [1.165, 1.54) is 11.8 Å². The number of carbonyl (C=O) groups excluding carboxylic acids is 1. The first kappa shape index (κ1) is 16.1. The zero-order chi connectivity index (χ0) is 16.3. The molecule has 0 radical (unpaired) electrons. The van der Waals surface area contributed by atoms with Crippen molar-refractivity contribution in [3.8, 4) is 5.69 Å². The molecule has 1 aliphatic heterocycles. The van der Waals surface area contributed by atoms with Gasteiger partial charge < -0.3 is 5.32 Å². The average molecular weight is 351 g/mol. The molecular weight excluding hydrogens is 334 g/mol. The van der Waals surface area contributed by atoms with Crippen molar-refractivity contribution < 1.29 is 13.2 Å². The summed E-state index contributed by atoms with van der Waals surface area (Å²) >= 11 is 1.40. The summed E-state index contributed by atoms with van der Waals surface area (Å²) in [6, 6.07) is 9.23. The molecule has 2 aromatic rings. The highest BCUT2D eigenvalue weighted by Gasteiger charge is 2.28. The van der Waals surface area contributed by atoms with E-state index in [2.05, 4.69) is 10.4 Å². The second kappa shape index (κ2) is 6.76. The summed E-state index contributed by atoms with van der Waals surface area (Å²) < 4.78 is 24.5. The minimum absolute atomic E-state index is 0.0205. The average Bonchev–Trinajstić information content (AvgIpc) is 3.15. The Morgan fingerprint density at radius 1 is 1.35 bits per heavy atom. The van der Waals surface area contributed by atoms with E-state index in [1.807, 2.05) is 36.5 Å². The van der Waals surface area contributed by atoms with Crippen molar-refractivity contribution in [2.45, 2.75) is 11.7 Å². The van der Waals surface area contributed by atoms with Gasteiger partial charge in [-0.3, -0.25) is 4.79 Å². The SMILES string of the molecule is O=C(CS[C@@H]1CCS(=O)(=O)C1)Nc1ccccc1-n1cccn1. The van der Waals surface area contributed by atoms with Gasteiger partial charge in [-0.15, -0.1) is 11.8 Å². The number of nitrogens with one attached hydrogen (secondary N) is 1. The highest BCUT2D eigenvalue weighted by molar-refractivity contribution is 8.02. The van der Waals surface area contributed by atoms with E-state index in [9.17, 15) is 13.2 Å². The summed E-state index contributed by atoms with van der Waals surface area (Å²) in [7, 11) is -2.90. The number of amides is 1. The molecule has 3 rings (SSSR count). The summed E-state index contributed by atoms with van der Waals surface area (Å²) in [5.41, 5.74) is 1.47. The molecular formula is C15H17N3O3S2. The van der Waals surface area contributed by atoms with Gasteiger partial charge in [0.1, 0.15) is 0 Å². The number of thioether (sulfide) groups is 1. The highest BCUT2D eigenvalue weighted by atomic mass is 32.2. The maximum atomic E-state index is 12.1. The maximum Gasteiger partial charge on any atom is 0.234 e. The predicted molar refractivity (Wildman–Crippen MR) is 91.7 cm³/mol. The molecule has 2 heterocycles. The van der Waals surface area contributed by atoms with Gasteiger partial charge in [-0.05, 0) is 24.6 Å². The second-order valence-electron chi connectivity index (χ2n) is 5.35. The van der Waals surface area contributed by atoms with Gasteiger partial charge >= 0.3 is 0 Å². The van der Waals surface area contributed by atoms with Crippen LogP contribution in [0.15, 0.2) is 42.7 Å². The van der Waals surface area contributed by atoms with E-state index in [4.69, 9.17) is 0 Å². The Balaban J connectivity index is 1.61. The van der Waals surface area contributed by atoms with Crippen LogP contribution in [0.4, 0.5) is 5.69 Å². The van der Waals surface area contributed by atoms with Crippen LogP contribution in [0, 0.1) is 0 Å². The molecule has 1 saturated heterocycles. The monoisotopic (exact) mass is 351 g/mol. The molecule has 0 unspecified atom stereocenters. The molecule has 8 heteroatoms. The molecule has 6 nitrogen and oxygen atoms in total. The molecule has 1 aliphatic rings. The number of sulfone groups is 1. The molecule has 1 fully saturated rings. The van der Waals surface area contributed by atoms with Crippen molar-refractivity contribution in [3.05, 3.63) is 42.7 Å². The summed E-state index contributed by atoms with van der Waals surface area (Å²) in [5.74, 6) is 0.510. The zero-order valence-electron chi connectivity index (χ0n) is 12.4. The van der Waals surface area contributed by atoms with Crippen molar-refractivity contribution in [2.75, 3.05) is 22.6 Å². The van der Waals surface area contributed by atoms with Crippen molar-refractivity contribution in [3.63, 3.8) is 0 Å². The summed E-state index contributed by atoms with van der Waals surface area (Å²) in [5, 5.41) is 7.07. The number of rotatable bonds is 5. The zero-order valence-corrected chi connectivity index (χ0v) is 14.0. The lowest BCUT2D eigenvalue weighted by atomic mass is 10.2. The van der Waals surface area contributed by atoms with Gasteiger partial charge in [-0.25, -0.2) is 13.1 Å². The first-order chi connectivity index (χ1) is 11.0. The number of hydrogen-bond acceptors (Lipinski definition) is 5.